The van der Waals surface area contributed by atoms with E-state index in [-0.39, 0.29) is 5.92 Å². The molecule has 1 aromatic rings. The molecule has 1 aromatic carbocycles. The minimum absolute atomic E-state index is 0.186. The van der Waals surface area contributed by atoms with Crippen molar-refractivity contribution in [2.45, 2.75) is 27.2 Å². The van der Waals surface area contributed by atoms with Crippen LogP contribution in [-0.4, -0.2) is 7.11 Å². The molecule has 16 heavy (non-hydrogen) atoms. The predicted molar refractivity (Wildman–Crippen MR) is 69.2 cm³/mol. The SMILES string of the molecule is C#CC(C)Cc1c(C)c(Cl)cc(C)c1OC. The Hall–Kier alpha value is -1.13. The third-order valence-corrected chi connectivity index (χ3v) is 3.18. The molecule has 1 rings (SSSR count). The van der Waals surface area contributed by atoms with Crippen LogP contribution in [-0.2, 0) is 6.42 Å². The maximum absolute atomic E-state index is 6.17. The van der Waals surface area contributed by atoms with E-state index in [4.69, 9.17) is 22.8 Å². The van der Waals surface area contributed by atoms with Crippen molar-refractivity contribution in [2.24, 2.45) is 5.92 Å². The van der Waals surface area contributed by atoms with Crippen LogP contribution < -0.4 is 4.74 Å². The number of ether oxygens (including phenoxy) is 1. The van der Waals surface area contributed by atoms with Crippen LogP contribution in [0.25, 0.3) is 0 Å². The average Bonchev–Trinajstić information content (AvgIpc) is 2.25. The highest BCUT2D eigenvalue weighted by Crippen LogP contribution is 2.33. The van der Waals surface area contributed by atoms with E-state index in [2.05, 4.69) is 5.92 Å². The van der Waals surface area contributed by atoms with Crippen molar-refractivity contribution in [3.05, 3.63) is 27.8 Å². The van der Waals surface area contributed by atoms with Crippen molar-refractivity contribution in [3.8, 4) is 18.1 Å². The Morgan fingerprint density at radius 1 is 1.50 bits per heavy atom. The standard InChI is InChI=1S/C14H17ClO/c1-6-9(2)7-12-11(4)13(15)8-10(3)14(12)16-5/h1,8-9H,7H2,2-5H3. The highest BCUT2D eigenvalue weighted by atomic mass is 35.5. The van der Waals surface area contributed by atoms with Gasteiger partial charge in [0.2, 0.25) is 0 Å². The van der Waals surface area contributed by atoms with Crippen LogP contribution in [0.5, 0.6) is 5.75 Å². The summed E-state index contributed by atoms with van der Waals surface area (Å²) in [4.78, 5) is 0. The van der Waals surface area contributed by atoms with Crippen molar-refractivity contribution in [1.29, 1.82) is 0 Å². The first-order valence-corrected chi connectivity index (χ1v) is 5.67. The number of methoxy groups -OCH3 is 1. The smallest absolute Gasteiger partial charge is 0.125 e. The molecule has 0 N–H and O–H groups in total. The van der Waals surface area contributed by atoms with E-state index in [1.807, 2.05) is 26.8 Å². The number of terminal acetylenes is 1. The Labute approximate surface area is 103 Å². The van der Waals surface area contributed by atoms with Crippen LogP contribution in [0.4, 0.5) is 0 Å². The maximum Gasteiger partial charge on any atom is 0.125 e. The summed E-state index contributed by atoms with van der Waals surface area (Å²) >= 11 is 6.17. The monoisotopic (exact) mass is 236 g/mol. The van der Waals surface area contributed by atoms with E-state index in [0.717, 1.165) is 33.9 Å². The number of rotatable bonds is 3. The molecule has 1 atom stereocenters. The molecule has 0 amide bonds. The second-order valence-electron chi connectivity index (χ2n) is 4.08. The highest BCUT2D eigenvalue weighted by Gasteiger charge is 2.14. The lowest BCUT2D eigenvalue weighted by molar-refractivity contribution is 0.404. The summed E-state index contributed by atoms with van der Waals surface area (Å²) in [5, 5.41) is 0.775. The van der Waals surface area contributed by atoms with Gasteiger partial charge in [-0.3, -0.25) is 0 Å². The molecule has 0 aliphatic rings. The molecule has 1 nitrogen and oxygen atoms in total. The Balaban J connectivity index is 3.29. The zero-order chi connectivity index (χ0) is 12.3. The predicted octanol–water partition coefficient (Wildman–Crippen LogP) is 3.78. The zero-order valence-corrected chi connectivity index (χ0v) is 11.0. The molecule has 0 saturated carbocycles. The maximum atomic E-state index is 6.17. The highest BCUT2D eigenvalue weighted by molar-refractivity contribution is 6.31. The van der Waals surface area contributed by atoms with Gasteiger partial charge in [0.15, 0.2) is 0 Å². The molecular formula is C14H17ClO. The normalized spacial score (nSPS) is 12.0. The summed E-state index contributed by atoms with van der Waals surface area (Å²) in [6.07, 6.45) is 6.21. The Morgan fingerprint density at radius 3 is 2.62 bits per heavy atom. The fraction of sp³-hybridized carbons (Fsp3) is 0.429. The molecule has 2 heteroatoms. The van der Waals surface area contributed by atoms with Crippen molar-refractivity contribution < 1.29 is 4.74 Å². The summed E-state index contributed by atoms with van der Waals surface area (Å²) in [5.74, 6) is 3.82. The van der Waals surface area contributed by atoms with Gasteiger partial charge < -0.3 is 4.74 Å². The molecule has 0 bridgehead atoms. The van der Waals surface area contributed by atoms with Crippen LogP contribution in [0.1, 0.15) is 23.6 Å². The van der Waals surface area contributed by atoms with E-state index in [1.165, 1.54) is 0 Å². The van der Waals surface area contributed by atoms with Gasteiger partial charge in [-0.1, -0.05) is 18.5 Å². The van der Waals surface area contributed by atoms with Gasteiger partial charge in [-0.15, -0.1) is 12.3 Å². The van der Waals surface area contributed by atoms with E-state index >= 15 is 0 Å². The summed E-state index contributed by atoms with van der Waals surface area (Å²) < 4.78 is 5.43. The average molecular weight is 237 g/mol. The van der Waals surface area contributed by atoms with Crippen molar-refractivity contribution >= 4 is 11.6 Å². The second-order valence-corrected chi connectivity index (χ2v) is 4.49. The molecule has 0 aliphatic carbocycles. The Kier molecular flexibility index (Phi) is 4.26. The molecule has 0 spiro atoms. The van der Waals surface area contributed by atoms with Gasteiger partial charge in [-0.25, -0.2) is 0 Å². The summed E-state index contributed by atoms with van der Waals surface area (Å²) in [7, 11) is 1.68. The summed E-state index contributed by atoms with van der Waals surface area (Å²) in [6, 6.07) is 1.93. The molecule has 0 saturated heterocycles. The van der Waals surface area contributed by atoms with Crippen molar-refractivity contribution in [1.82, 2.24) is 0 Å². The Morgan fingerprint density at radius 2 is 2.12 bits per heavy atom. The van der Waals surface area contributed by atoms with Gasteiger partial charge in [0.25, 0.3) is 0 Å². The molecule has 0 heterocycles. The van der Waals surface area contributed by atoms with Gasteiger partial charge in [-0.05, 0) is 43.0 Å². The van der Waals surface area contributed by atoms with Gasteiger partial charge in [0.05, 0.1) is 7.11 Å². The zero-order valence-electron chi connectivity index (χ0n) is 10.2. The number of halogens is 1. The number of hydrogen-bond donors (Lipinski definition) is 0. The van der Waals surface area contributed by atoms with Gasteiger partial charge >= 0.3 is 0 Å². The molecular weight excluding hydrogens is 220 g/mol. The first-order chi connectivity index (χ1) is 7.51. The molecule has 1 unspecified atom stereocenters. The topological polar surface area (TPSA) is 9.23 Å². The fourth-order valence-corrected chi connectivity index (χ4v) is 2.09. The summed E-state index contributed by atoms with van der Waals surface area (Å²) in [5.41, 5.74) is 3.24. The van der Waals surface area contributed by atoms with Crippen LogP contribution >= 0.6 is 11.6 Å². The van der Waals surface area contributed by atoms with E-state index in [0.29, 0.717) is 0 Å². The fourth-order valence-electron chi connectivity index (χ4n) is 1.81. The van der Waals surface area contributed by atoms with Crippen molar-refractivity contribution in [3.63, 3.8) is 0 Å². The first-order valence-electron chi connectivity index (χ1n) is 5.30. The number of hydrogen-bond acceptors (Lipinski definition) is 1. The third kappa shape index (κ3) is 2.51. The van der Waals surface area contributed by atoms with E-state index in [1.54, 1.807) is 7.11 Å². The lowest BCUT2D eigenvalue weighted by atomic mass is 9.95. The third-order valence-electron chi connectivity index (χ3n) is 2.79. The minimum Gasteiger partial charge on any atom is -0.496 e. The molecule has 0 fully saturated rings. The van der Waals surface area contributed by atoms with Crippen LogP contribution in [0.15, 0.2) is 6.07 Å². The minimum atomic E-state index is 0.186. The van der Waals surface area contributed by atoms with Gasteiger partial charge in [-0.2, -0.15) is 0 Å². The molecule has 86 valence electrons. The first kappa shape index (κ1) is 12.9. The van der Waals surface area contributed by atoms with Crippen molar-refractivity contribution in [2.75, 3.05) is 7.11 Å². The molecule has 0 radical (unpaired) electrons. The van der Waals surface area contributed by atoms with E-state index < -0.39 is 0 Å². The van der Waals surface area contributed by atoms with Gasteiger partial charge in [0.1, 0.15) is 5.75 Å². The quantitative estimate of drug-likeness (QED) is 0.726. The lowest BCUT2D eigenvalue weighted by Crippen LogP contribution is -2.04. The largest absolute Gasteiger partial charge is 0.496 e. The lowest BCUT2D eigenvalue weighted by Gasteiger charge is -2.17. The second kappa shape index (κ2) is 5.27. The van der Waals surface area contributed by atoms with Gasteiger partial charge in [0, 0.05) is 10.9 Å². The van der Waals surface area contributed by atoms with Crippen LogP contribution in [0.2, 0.25) is 5.02 Å². The van der Waals surface area contributed by atoms with Crippen LogP contribution in [0, 0.1) is 32.1 Å². The summed E-state index contributed by atoms with van der Waals surface area (Å²) in [6.45, 7) is 6.02. The number of benzene rings is 1. The number of aryl methyl sites for hydroxylation is 1. The molecule has 0 aromatic heterocycles. The van der Waals surface area contributed by atoms with E-state index in [9.17, 15) is 0 Å². The Bertz CT molecular complexity index is 429. The van der Waals surface area contributed by atoms with Crippen LogP contribution in [0.3, 0.4) is 0 Å². The molecule has 0 aliphatic heterocycles.